The number of benzene rings is 2. The van der Waals surface area contributed by atoms with Crippen molar-refractivity contribution in [1.29, 1.82) is 0 Å². The van der Waals surface area contributed by atoms with Gasteiger partial charge in [-0.15, -0.1) is 10.2 Å². The maximum absolute atomic E-state index is 13.1. The van der Waals surface area contributed by atoms with Crippen LogP contribution >= 0.6 is 46.6 Å². The van der Waals surface area contributed by atoms with Crippen molar-refractivity contribution < 1.29 is 13.9 Å². The Balaban J connectivity index is 1.62. The first-order valence-electron chi connectivity index (χ1n) is 8.75. The van der Waals surface area contributed by atoms with Gasteiger partial charge in [0.1, 0.15) is 18.2 Å². The zero-order valence-corrected chi connectivity index (χ0v) is 18.7. The highest BCUT2D eigenvalue weighted by Gasteiger charge is 2.16. The number of nitrogens with one attached hydrogen (secondary N) is 1. The number of thioether (sulfide) groups is 1. The molecule has 158 valence electrons. The van der Waals surface area contributed by atoms with Crippen molar-refractivity contribution in [2.24, 2.45) is 0 Å². The molecule has 0 atom stereocenters. The van der Waals surface area contributed by atoms with Crippen LogP contribution in [0, 0.1) is 5.82 Å². The Hall–Kier alpha value is -2.00. The summed E-state index contributed by atoms with van der Waals surface area (Å²) in [6.07, 6.45) is 0. The van der Waals surface area contributed by atoms with Gasteiger partial charge in [-0.25, -0.2) is 4.39 Å². The summed E-state index contributed by atoms with van der Waals surface area (Å²) in [4.78, 5) is 12.3. The average Bonchev–Trinajstić information content (AvgIpc) is 3.10. The molecular weight excluding hydrogens is 474 g/mol. The maximum Gasteiger partial charge on any atom is 0.234 e. The number of aromatic nitrogens is 3. The first kappa shape index (κ1) is 22.7. The van der Waals surface area contributed by atoms with E-state index in [0.29, 0.717) is 39.0 Å². The molecule has 0 saturated carbocycles. The summed E-state index contributed by atoms with van der Waals surface area (Å²) in [6.45, 7) is 2.59. The van der Waals surface area contributed by atoms with Gasteiger partial charge < -0.3 is 14.6 Å². The number of hydrogen-bond donors (Lipinski definition) is 1. The molecular formula is C19H16Cl3FN4O2S. The molecule has 2 aromatic carbocycles. The van der Waals surface area contributed by atoms with Gasteiger partial charge in [0.05, 0.1) is 26.5 Å². The lowest BCUT2D eigenvalue weighted by atomic mass is 10.3. The van der Waals surface area contributed by atoms with Crippen molar-refractivity contribution in [2.45, 2.75) is 25.2 Å². The van der Waals surface area contributed by atoms with Gasteiger partial charge in [-0.05, 0) is 37.3 Å². The summed E-state index contributed by atoms with van der Waals surface area (Å²) in [5, 5.41) is 12.4. The minimum Gasteiger partial charge on any atom is -0.484 e. The molecule has 0 bridgehead atoms. The normalized spacial score (nSPS) is 10.8. The Bertz CT molecular complexity index is 1040. The minimum atomic E-state index is -0.445. The number of ether oxygens (including phenoxy) is 1. The fraction of sp³-hybridized carbons (Fsp3) is 0.211. The maximum atomic E-state index is 13.1. The first-order valence-corrected chi connectivity index (χ1v) is 10.9. The van der Waals surface area contributed by atoms with Gasteiger partial charge in [0.2, 0.25) is 5.91 Å². The van der Waals surface area contributed by atoms with Crippen LogP contribution in [0.15, 0.2) is 41.6 Å². The average molecular weight is 490 g/mol. The molecule has 1 heterocycles. The van der Waals surface area contributed by atoms with E-state index in [-0.39, 0.29) is 23.3 Å². The predicted molar refractivity (Wildman–Crippen MR) is 117 cm³/mol. The number of anilines is 1. The molecule has 0 saturated heterocycles. The standard InChI is InChI=1S/C19H16Cl3FN4O2S/c1-2-27-16(9-29-15-7-6-11(23)8-14(15)22)25-26-19(27)30-10-17(28)24-18-12(20)4-3-5-13(18)21/h3-8H,2,9-10H2,1H3,(H,24,28). The van der Waals surface area contributed by atoms with Crippen LogP contribution in [0.4, 0.5) is 10.1 Å². The Morgan fingerprint density at radius 3 is 2.57 bits per heavy atom. The van der Waals surface area contributed by atoms with Crippen LogP contribution in [-0.4, -0.2) is 26.4 Å². The number of nitrogens with zero attached hydrogens (tertiary/aromatic N) is 3. The van der Waals surface area contributed by atoms with Gasteiger partial charge in [0.15, 0.2) is 11.0 Å². The van der Waals surface area contributed by atoms with Crippen molar-refractivity contribution in [3.8, 4) is 5.75 Å². The molecule has 0 spiro atoms. The van der Waals surface area contributed by atoms with E-state index < -0.39 is 5.82 Å². The molecule has 1 N–H and O–H groups in total. The van der Waals surface area contributed by atoms with Gasteiger partial charge >= 0.3 is 0 Å². The Labute approximate surface area is 191 Å². The fourth-order valence-electron chi connectivity index (χ4n) is 2.51. The largest absolute Gasteiger partial charge is 0.484 e. The molecule has 1 amide bonds. The third-order valence-electron chi connectivity index (χ3n) is 3.92. The lowest BCUT2D eigenvalue weighted by molar-refractivity contribution is -0.113. The van der Waals surface area contributed by atoms with E-state index in [0.717, 1.165) is 0 Å². The second-order valence-corrected chi connectivity index (χ2v) is 8.10. The van der Waals surface area contributed by atoms with Gasteiger partial charge in [-0.1, -0.05) is 52.6 Å². The van der Waals surface area contributed by atoms with Gasteiger partial charge in [-0.2, -0.15) is 0 Å². The first-order chi connectivity index (χ1) is 14.4. The molecule has 6 nitrogen and oxygen atoms in total. The number of carbonyl (C=O) groups excluding carboxylic acids is 1. The summed E-state index contributed by atoms with van der Waals surface area (Å²) in [7, 11) is 0. The monoisotopic (exact) mass is 488 g/mol. The van der Waals surface area contributed by atoms with E-state index in [2.05, 4.69) is 15.5 Å². The number of para-hydroxylation sites is 1. The van der Waals surface area contributed by atoms with Crippen molar-refractivity contribution in [3.05, 3.63) is 63.1 Å². The predicted octanol–water partition coefficient (Wildman–Crippen LogP) is 5.71. The molecule has 3 rings (SSSR count). The Kier molecular flexibility index (Phi) is 7.82. The van der Waals surface area contributed by atoms with Crippen LogP contribution in [0.5, 0.6) is 5.75 Å². The van der Waals surface area contributed by atoms with Crippen molar-refractivity contribution >= 4 is 58.2 Å². The molecule has 0 unspecified atom stereocenters. The molecule has 3 aromatic rings. The van der Waals surface area contributed by atoms with Gasteiger partial charge in [0.25, 0.3) is 0 Å². The third kappa shape index (κ3) is 5.57. The van der Waals surface area contributed by atoms with Gasteiger partial charge in [0, 0.05) is 6.54 Å². The zero-order chi connectivity index (χ0) is 21.7. The molecule has 0 fully saturated rings. The highest BCUT2D eigenvalue weighted by atomic mass is 35.5. The number of hydrogen-bond acceptors (Lipinski definition) is 5. The molecule has 11 heteroatoms. The molecule has 1 aromatic heterocycles. The fourth-order valence-corrected chi connectivity index (χ4v) is 4.04. The van der Waals surface area contributed by atoms with Crippen LogP contribution in [0.2, 0.25) is 15.1 Å². The summed E-state index contributed by atoms with van der Waals surface area (Å²) in [6, 6.07) is 8.86. The van der Waals surface area contributed by atoms with E-state index in [1.54, 1.807) is 18.2 Å². The summed E-state index contributed by atoms with van der Waals surface area (Å²) in [5.74, 6) is 0.254. The summed E-state index contributed by atoms with van der Waals surface area (Å²) < 4.78 is 20.6. The number of halogens is 4. The topological polar surface area (TPSA) is 69.0 Å². The highest BCUT2D eigenvalue weighted by molar-refractivity contribution is 7.99. The van der Waals surface area contributed by atoms with E-state index >= 15 is 0 Å². The van der Waals surface area contributed by atoms with E-state index in [4.69, 9.17) is 39.5 Å². The summed E-state index contributed by atoms with van der Waals surface area (Å²) in [5.41, 5.74) is 0.369. The van der Waals surface area contributed by atoms with Crippen LogP contribution in [-0.2, 0) is 17.9 Å². The molecule has 0 aliphatic heterocycles. The van der Waals surface area contributed by atoms with E-state index in [9.17, 15) is 9.18 Å². The van der Waals surface area contributed by atoms with Crippen molar-refractivity contribution in [3.63, 3.8) is 0 Å². The lowest BCUT2D eigenvalue weighted by Crippen LogP contribution is -2.15. The number of carbonyl (C=O) groups is 1. The minimum absolute atomic E-state index is 0.0876. The molecule has 30 heavy (non-hydrogen) atoms. The molecule has 0 aliphatic carbocycles. The SMILES string of the molecule is CCn1c(COc2ccc(F)cc2Cl)nnc1SCC(=O)Nc1c(Cl)cccc1Cl. The van der Waals surface area contributed by atoms with Crippen LogP contribution in [0.25, 0.3) is 0 Å². The Morgan fingerprint density at radius 1 is 1.17 bits per heavy atom. The smallest absolute Gasteiger partial charge is 0.234 e. The van der Waals surface area contributed by atoms with E-state index in [1.807, 2.05) is 11.5 Å². The van der Waals surface area contributed by atoms with Crippen LogP contribution in [0.3, 0.4) is 0 Å². The third-order valence-corrected chi connectivity index (χ3v) is 5.81. The quantitative estimate of drug-likeness (QED) is 0.411. The van der Waals surface area contributed by atoms with Crippen molar-refractivity contribution in [2.75, 3.05) is 11.1 Å². The number of amides is 1. The van der Waals surface area contributed by atoms with Gasteiger partial charge in [-0.3, -0.25) is 4.79 Å². The molecule has 0 radical (unpaired) electrons. The second kappa shape index (κ2) is 10.3. The van der Waals surface area contributed by atoms with Crippen LogP contribution < -0.4 is 10.1 Å². The zero-order valence-electron chi connectivity index (χ0n) is 15.7. The second-order valence-electron chi connectivity index (χ2n) is 5.94. The van der Waals surface area contributed by atoms with E-state index in [1.165, 1.54) is 30.0 Å². The van der Waals surface area contributed by atoms with Crippen molar-refractivity contribution in [1.82, 2.24) is 14.8 Å². The summed E-state index contributed by atoms with van der Waals surface area (Å²) >= 11 is 19.3. The lowest BCUT2D eigenvalue weighted by Gasteiger charge is -2.10. The Morgan fingerprint density at radius 2 is 1.90 bits per heavy atom. The van der Waals surface area contributed by atoms with Crippen LogP contribution in [0.1, 0.15) is 12.7 Å². The molecule has 0 aliphatic rings. The highest BCUT2D eigenvalue weighted by Crippen LogP contribution is 2.30. The number of rotatable bonds is 8.